The van der Waals surface area contributed by atoms with Gasteiger partial charge in [0.1, 0.15) is 7.85 Å². The highest BCUT2D eigenvalue weighted by atomic mass is 79.9. The van der Waals surface area contributed by atoms with E-state index in [-0.39, 0.29) is 0 Å². The Morgan fingerprint density at radius 2 is 2.00 bits per heavy atom. The average Bonchev–Trinajstić information content (AvgIpc) is 1.37. The van der Waals surface area contributed by atoms with Gasteiger partial charge in [-0.25, -0.2) is 0 Å². The van der Waals surface area contributed by atoms with E-state index in [2.05, 4.69) is 15.9 Å². The molecule has 4 heavy (non-hydrogen) atoms. The molecule has 0 spiro atoms. The van der Waals surface area contributed by atoms with Crippen LogP contribution >= 0.6 is 15.9 Å². The van der Waals surface area contributed by atoms with Crippen molar-refractivity contribution < 1.29 is 0 Å². The second-order valence-corrected chi connectivity index (χ2v) is 0.988. The van der Waals surface area contributed by atoms with Crippen molar-refractivity contribution in [2.45, 2.75) is 0 Å². The summed E-state index contributed by atoms with van der Waals surface area (Å²) < 4.78 is 0. The Bertz CT molecular complexity index is 21.2. The van der Waals surface area contributed by atoms with E-state index in [1.54, 1.807) is 0 Å². The summed E-state index contributed by atoms with van der Waals surface area (Å²) >= 11 is 3.07. The summed E-state index contributed by atoms with van der Waals surface area (Å²) in [6.45, 7) is 0. The molecule has 0 aromatic carbocycles. The van der Waals surface area contributed by atoms with Crippen LogP contribution in [0.15, 0.2) is 11.0 Å². The summed E-state index contributed by atoms with van der Waals surface area (Å²) in [6, 6.07) is 0. The number of halogens is 1. The van der Waals surface area contributed by atoms with Crippen molar-refractivity contribution in [3.8, 4) is 0 Å². The predicted molar refractivity (Wildman–Crippen MR) is 26.6 cm³/mol. The molecule has 0 nitrogen and oxygen atoms in total. The molecule has 0 bridgehead atoms. The minimum atomic E-state index is 1.81. The lowest BCUT2D eigenvalue weighted by Crippen LogP contribution is -1.35. The third-order valence-corrected chi connectivity index (χ3v) is 0.655. The molecule has 0 aliphatic rings. The SMILES string of the molecule is BC=CBr. The largest absolute Gasteiger partial charge is 0.130 e. The van der Waals surface area contributed by atoms with Crippen LogP contribution in [0, 0.1) is 0 Å². The van der Waals surface area contributed by atoms with Crippen molar-refractivity contribution >= 4 is 23.8 Å². The Morgan fingerprint density at radius 3 is 2.00 bits per heavy atom. The Balaban J connectivity index is 2.55. The van der Waals surface area contributed by atoms with Crippen molar-refractivity contribution in [3.63, 3.8) is 0 Å². The van der Waals surface area contributed by atoms with Crippen LogP contribution in [0.25, 0.3) is 0 Å². The van der Waals surface area contributed by atoms with Crippen molar-refractivity contribution in [2.75, 3.05) is 0 Å². The van der Waals surface area contributed by atoms with Crippen molar-refractivity contribution in [2.24, 2.45) is 0 Å². The van der Waals surface area contributed by atoms with E-state index >= 15 is 0 Å². The van der Waals surface area contributed by atoms with E-state index in [1.807, 2.05) is 18.8 Å². The fourth-order valence-electron chi connectivity index (χ4n) is 0. The first-order chi connectivity index (χ1) is 1.91. The number of rotatable bonds is 0. The second-order valence-electron chi connectivity index (χ2n) is 0.459. The molecule has 2 heteroatoms. The van der Waals surface area contributed by atoms with Crippen LogP contribution in [-0.4, -0.2) is 7.85 Å². The summed E-state index contributed by atoms with van der Waals surface area (Å²) in [6.07, 6.45) is 0. The van der Waals surface area contributed by atoms with Gasteiger partial charge in [0, 0.05) is 0 Å². The minimum absolute atomic E-state index is 1.81. The molecule has 0 rings (SSSR count). The highest BCUT2D eigenvalue weighted by molar-refractivity contribution is 9.11. The maximum absolute atomic E-state index is 3.07. The summed E-state index contributed by atoms with van der Waals surface area (Å²) in [5.41, 5.74) is 0. The third-order valence-electron chi connectivity index (χ3n) is 0.126. The zero-order chi connectivity index (χ0) is 3.41. The lowest BCUT2D eigenvalue weighted by molar-refractivity contribution is 2.57. The summed E-state index contributed by atoms with van der Waals surface area (Å²) in [7, 11) is 1.95. The van der Waals surface area contributed by atoms with E-state index in [1.165, 1.54) is 0 Å². The molecule has 0 atom stereocenters. The van der Waals surface area contributed by atoms with Gasteiger partial charge in [-0.3, -0.25) is 0 Å². The maximum atomic E-state index is 3.07. The smallest absolute Gasteiger partial charge is 0.117 e. The van der Waals surface area contributed by atoms with Gasteiger partial charge in [0.2, 0.25) is 0 Å². The number of hydrogen-bond donors (Lipinski definition) is 0. The Labute approximate surface area is 35.4 Å². The highest BCUT2D eigenvalue weighted by Crippen LogP contribution is 1.73. The molecule has 0 radical (unpaired) electrons. The standard InChI is InChI=1S/C2H4BBr/c3-1-2-4/h1-2H,3H2. The van der Waals surface area contributed by atoms with E-state index in [9.17, 15) is 0 Å². The minimum Gasteiger partial charge on any atom is -0.117 e. The first kappa shape index (κ1) is 4.28. The summed E-state index contributed by atoms with van der Waals surface area (Å²) in [5.74, 6) is 1.92. The molecular formula is C2H4BBr. The lowest BCUT2D eigenvalue weighted by Gasteiger charge is -1.45. The van der Waals surface area contributed by atoms with E-state index in [0.29, 0.717) is 0 Å². The Morgan fingerprint density at radius 1 is 1.75 bits per heavy atom. The quantitative estimate of drug-likeness (QED) is 0.407. The molecule has 0 aromatic rings. The van der Waals surface area contributed by atoms with Gasteiger partial charge < -0.3 is 0 Å². The normalized spacial score (nSPS) is 9.25. The molecule has 0 saturated heterocycles. The van der Waals surface area contributed by atoms with Gasteiger partial charge in [0.15, 0.2) is 0 Å². The monoisotopic (exact) mass is 118 g/mol. The van der Waals surface area contributed by atoms with Gasteiger partial charge >= 0.3 is 0 Å². The molecule has 0 amide bonds. The Kier molecular flexibility index (Phi) is 3.52. The van der Waals surface area contributed by atoms with Gasteiger partial charge in [-0.2, -0.15) is 0 Å². The van der Waals surface area contributed by atoms with Gasteiger partial charge in [-0.05, 0) is 4.99 Å². The zero-order valence-corrected chi connectivity index (χ0v) is 4.12. The zero-order valence-electron chi connectivity index (χ0n) is 2.53. The number of hydrogen-bond acceptors (Lipinski definition) is 0. The van der Waals surface area contributed by atoms with E-state index in [4.69, 9.17) is 0 Å². The molecule has 22 valence electrons. The van der Waals surface area contributed by atoms with Crippen molar-refractivity contribution in [1.29, 1.82) is 0 Å². The van der Waals surface area contributed by atoms with Crippen LogP contribution in [0.3, 0.4) is 0 Å². The molecule has 0 N–H and O–H groups in total. The van der Waals surface area contributed by atoms with Crippen LogP contribution < -0.4 is 0 Å². The second kappa shape index (κ2) is 3.28. The van der Waals surface area contributed by atoms with Gasteiger partial charge in [0.05, 0.1) is 0 Å². The Hall–Kier alpha value is 0.285. The third kappa shape index (κ3) is 2.28. The first-order valence-electron chi connectivity index (χ1n) is 1.13. The lowest BCUT2D eigenvalue weighted by atomic mass is 10.2. The van der Waals surface area contributed by atoms with Crippen LogP contribution in [0.2, 0.25) is 0 Å². The highest BCUT2D eigenvalue weighted by Gasteiger charge is 1.38. The van der Waals surface area contributed by atoms with E-state index < -0.39 is 0 Å². The topological polar surface area (TPSA) is 0 Å². The van der Waals surface area contributed by atoms with Gasteiger partial charge in [0.25, 0.3) is 0 Å². The van der Waals surface area contributed by atoms with Crippen LogP contribution in [-0.2, 0) is 0 Å². The van der Waals surface area contributed by atoms with Crippen molar-refractivity contribution in [3.05, 3.63) is 11.0 Å². The molecule has 0 saturated carbocycles. The average molecular weight is 119 g/mol. The molecular weight excluding hydrogens is 115 g/mol. The predicted octanol–water partition coefficient (Wildman–Crippen LogP) is 0.486. The molecule has 0 heterocycles. The van der Waals surface area contributed by atoms with Crippen molar-refractivity contribution in [1.82, 2.24) is 0 Å². The molecule has 0 aliphatic carbocycles. The van der Waals surface area contributed by atoms with Gasteiger partial charge in [-0.15, -0.1) is 5.98 Å². The van der Waals surface area contributed by atoms with E-state index in [0.717, 1.165) is 0 Å². The maximum Gasteiger partial charge on any atom is 0.130 e. The molecule has 0 aliphatic heterocycles. The molecule has 0 fully saturated rings. The van der Waals surface area contributed by atoms with Crippen LogP contribution in [0.4, 0.5) is 0 Å². The van der Waals surface area contributed by atoms with Crippen LogP contribution in [0.1, 0.15) is 0 Å². The molecule has 0 unspecified atom stereocenters. The summed E-state index contributed by atoms with van der Waals surface area (Å²) in [5, 5.41) is 0. The summed E-state index contributed by atoms with van der Waals surface area (Å²) in [4.78, 5) is 1.81. The van der Waals surface area contributed by atoms with Crippen LogP contribution in [0.5, 0.6) is 0 Å². The fraction of sp³-hybridized carbons (Fsp3) is 0. The van der Waals surface area contributed by atoms with Gasteiger partial charge in [-0.1, -0.05) is 15.9 Å². The molecule has 0 aromatic heterocycles. The first-order valence-corrected chi connectivity index (χ1v) is 2.04. The fourth-order valence-corrected chi connectivity index (χ4v) is 0.